The molecule has 1 aromatic carbocycles. The minimum absolute atomic E-state index is 0.537. The Labute approximate surface area is 197 Å². The van der Waals surface area contributed by atoms with Crippen molar-refractivity contribution in [2.24, 2.45) is 0 Å². The fraction of sp³-hybridized carbons (Fsp3) is 0.600. The van der Waals surface area contributed by atoms with Crippen LogP contribution in [-0.4, -0.2) is 85.5 Å². The molecule has 4 rings (SSSR count). The maximum atomic E-state index is 11.1. The lowest BCUT2D eigenvalue weighted by Gasteiger charge is -2.26. The molecule has 2 aliphatic rings. The highest BCUT2D eigenvalue weighted by Gasteiger charge is 2.36. The minimum atomic E-state index is -0.772. The van der Waals surface area contributed by atoms with Gasteiger partial charge in [0, 0.05) is 52.9 Å². The van der Waals surface area contributed by atoms with E-state index in [1.165, 1.54) is 32.4 Å². The third-order valence-corrected chi connectivity index (χ3v) is 6.56. The molecule has 2 saturated heterocycles. The van der Waals surface area contributed by atoms with Gasteiger partial charge in [0.05, 0.1) is 5.60 Å². The average Bonchev–Trinajstić information content (AvgIpc) is 3.22. The summed E-state index contributed by atoms with van der Waals surface area (Å²) in [5.74, 6) is 2.64. The molecule has 2 aromatic rings. The van der Waals surface area contributed by atoms with Gasteiger partial charge in [-0.3, -0.25) is 4.90 Å². The second-order valence-corrected chi connectivity index (χ2v) is 9.53. The van der Waals surface area contributed by atoms with Gasteiger partial charge in [-0.15, -0.1) is 0 Å². The summed E-state index contributed by atoms with van der Waals surface area (Å²) in [5.41, 5.74) is 0.390. The van der Waals surface area contributed by atoms with Gasteiger partial charge in [-0.25, -0.2) is 9.97 Å². The molecule has 0 bridgehead atoms. The fourth-order valence-electron chi connectivity index (χ4n) is 4.61. The Bertz CT molecular complexity index is 889. The SMILES string of the molecule is CN(C)c1cc(N2CCC(O)(CNCc3cccc(OCCN4CCCCC4)c3)C2)ncn1. The Morgan fingerprint density at radius 2 is 1.97 bits per heavy atom. The highest BCUT2D eigenvalue weighted by atomic mass is 16.5. The van der Waals surface area contributed by atoms with E-state index in [1.54, 1.807) is 6.33 Å². The number of aliphatic hydroxyl groups is 1. The molecule has 0 amide bonds. The van der Waals surface area contributed by atoms with Crippen LogP contribution in [0.2, 0.25) is 0 Å². The maximum Gasteiger partial charge on any atom is 0.134 e. The monoisotopic (exact) mass is 454 g/mol. The smallest absolute Gasteiger partial charge is 0.134 e. The van der Waals surface area contributed by atoms with E-state index >= 15 is 0 Å². The largest absolute Gasteiger partial charge is 0.492 e. The first-order valence-electron chi connectivity index (χ1n) is 12.1. The third kappa shape index (κ3) is 6.79. The highest BCUT2D eigenvalue weighted by Crippen LogP contribution is 2.26. The highest BCUT2D eigenvalue weighted by molar-refractivity contribution is 5.50. The predicted octanol–water partition coefficient (Wildman–Crippen LogP) is 2.14. The van der Waals surface area contributed by atoms with E-state index in [2.05, 4.69) is 37.2 Å². The molecule has 33 heavy (non-hydrogen) atoms. The van der Waals surface area contributed by atoms with Gasteiger partial charge in [0.25, 0.3) is 0 Å². The third-order valence-electron chi connectivity index (χ3n) is 6.56. The van der Waals surface area contributed by atoms with Crippen LogP contribution in [0.5, 0.6) is 5.75 Å². The van der Waals surface area contributed by atoms with Crippen molar-refractivity contribution in [3.63, 3.8) is 0 Å². The summed E-state index contributed by atoms with van der Waals surface area (Å²) in [5, 5.41) is 14.5. The van der Waals surface area contributed by atoms with E-state index in [1.807, 2.05) is 37.2 Å². The molecule has 8 nitrogen and oxygen atoms in total. The van der Waals surface area contributed by atoms with Crippen molar-refractivity contribution in [2.75, 3.05) is 69.8 Å². The first kappa shape index (κ1) is 23.7. The number of nitrogens with one attached hydrogen (secondary N) is 1. The molecular weight excluding hydrogens is 416 g/mol. The summed E-state index contributed by atoms with van der Waals surface area (Å²) >= 11 is 0. The molecule has 2 N–H and O–H groups in total. The molecule has 0 spiro atoms. The van der Waals surface area contributed by atoms with Gasteiger partial charge < -0.3 is 25.0 Å². The molecule has 2 fully saturated rings. The van der Waals surface area contributed by atoms with Crippen LogP contribution >= 0.6 is 0 Å². The molecule has 0 aliphatic carbocycles. The molecule has 2 aliphatic heterocycles. The van der Waals surface area contributed by atoms with Crippen molar-refractivity contribution in [1.29, 1.82) is 0 Å². The number of anilines is 2. The van der Waals surface area contributed by atoms with Gasteiger partial charge in [0.1, 0.15) is 30.3 Å². The zero-order valence-corrected chi connectivity index (χ0v) is 20.0. The number of piperidine rings is 1. The topological polar surface area (TPSA) is 77.0 Å². The van der Waals surface area contributed by atoms with Gasteiger partial charge in [-0.1, -0.05) is 18.6 Å². The Kier molecular flexibility index (Phi) is 8.01. The van der Waals surface area contributed by atoms with Gasteiger partial charge in [-0.05, 0) is 50.0 Å². The summed E-state index contributed by atoms with van der Waals surface area (Å²) in [6.45, 7) is 6.69. The number of aromatic nitrogens is 2. The first-order chi connectivity index (χ1) is 16.0. The summed E-state index contributed by atoms with van der Waals surface area (Å²) in [7, 11) is 3.93. The molecule has 1 unspecified atom stereocenters. The zero-order valence-electron chi connectivity index (χ0n) is 20.0. The number of β-amino-alcohol motifs (C(OH)–C–C–N with tert-alkyl or cyclic N) is 1. The van der Waals surface area contributed by atoms with E-state index in [-0.39, 0.29) is 0 Å². The number of likely N-dealkylation sites (tertiary alicyclic amines) is 1. The lowest BCUT2D eigenvalue weighted by molar-refractivity contribution is 0.0626. The van der Waals surface area contributed by atoms with Crippen LogP contribution in [0.3, 0.4) is 0 Å². The Morgan fingerprint density at radius 1 is 1.12 bits per heavy atom. The molecule has 0 radical (unpaired) electrons. The minimum Gasteiger partial charge on any atom is -0.492 e. The van der Waals surface area contributed by atoms with Gasteiger partial charge >= 0.3 is 0 Å². The zero-order chi connectivity index (χ0) is 23.1. The summed E-state index contributed by atoms with van der Waals surface area (Å²) in [6, 6.07) is 10.2. The Morgan fingerprint density at radius 3 is 2.79 bits per heavy atom. The first-order valence-corrected chi connectivity index (χ1v) is 12.1. The predicted molar refractivity (Wildman–Crippen MR) is 132 cm³/mol. The van der Waals surface area contributed by atoms with Crippen molar-refractivity contribution < 1.29 is 9.84 Å². The molecule has 3 heterocycles. The maximum absolute atomic E-state index is 11.1. The van der Waals surface area contributed by atoms with Crippen LogP contribution in [0.4, 0.5) is 11.6 Å². The van der Waals surface area contributed by atoms with Crippen LogP contribution in [0.25, 0.3) is 0 Å². The van der Waals surface area contributed by atoms with Crippen molar-refractivity contribution in [2.45, 2.75) is 37.8 Å². The van der Waals surface area contributed by atoms with Gasteiger partial charge in [0.15, 0.2) is 0 Å². The molecule has 1 aromatic heterocycles. The number of benzene rings is 1. The number of rotatable bonds is 10. The molecule has 180 valence electrons. The van der Waals surface area contributed by atoms with Crippen molar-refractivity contribution >= 4 is 11.6 Å². The lowest BCUT2D eigenvalue weighted by atomic mass is 10.0. The molecule has 1 atom stereocenters. The normalized spacial score (nSPS) is 21.4. The van der Waals surface area contributed by atoms with Crippen molar-refractivity contribution in [3.05, 3.63) is 42.2 Å². The molecule has 8 heteroatoms. The van der Waals surface area contributed by atoms with E-state index in [9.17, 15) is 5.11 Å². The van der Waals surface area contributed by atoms with Crippen molar-refractivity contribution in [3.8, 4) is 5.75 Å². The van der Waals surface area contributed by atoms with Gasteiger partial charge in [-0.2, -0.15) is 0 Å². The van der Waals surface area contributed by atoms with Crippen LogP contribution in [0, 0.1) is 0 Å². The number of ether oxygens (including phenoxy) is 1. The molecular formula is C25H38N6O2. The quantitative estimate of drug-likeness (QED) is 0.566. The van der Waals surface area contributed by atoms with Crippen LogP contribution in [0.1, 0.15) is 31.2 Å². The summed E-state index contributed by atoms with van der Waals surface area (Å²) < 4.78 is 6.00. The van der Waals surface area contributed by atoms with E-state index < -0.39 is 5.60 Å². The Balaban J connectivity index is 1.22. The van der Waals surface area contributed by atoms with E-state index in [4.69, 9.17) is 4.74 Å². The lowest BCUT2D eigenvalue weighted by Crippen LogP contribution is -2.43. The summed E-state index contributed by atoms with van der Waals surface area (Å²) in [6.07, 6.45) is 6.27. The second-order valence-electron chi connectivity index (χ2n) is 9.53. The number of hydrogen-bond donors (Lipinski definition) is 2. The van der Waals surface area contributed by atoms with E-state index in [0.717, 1.165) is 42.6 Å². The van der Waals surface area contributed by atoms with Crippen molar-refractivity contribution in [1.82, 2.24) is 20.2 Å². The number of nitrogens with zero attached hydrogens (tertiary/aromatic N) is 5. The Hall–Kier alpha value is -2.42. The second kappa shape index (κ2) is 11.1. The van der Waals surface area contributed by atoms with Gasteiger partial charge in [0.2, 0.25) is 0 Å². The van der Waals surface area contributed by atoms with Crippen LogP contribution in [0.15, 0.2) is 36.7 Å². The number of hydrogen-bond acceptors (Lipinski definition) is 8. The molecule has 0 saturated carbocycles. The van der Waals surface area contributed by atoms with Crippen LogP contribution in [-0.2, 0) is 6.54 Å². The fourth-order valence-corrected chi connectivity index (χ4v) is 4.61. The average molecular weight is 455 g/mol. The standard InChI is InChI=1S/C25H38N6O2/c1-29(2)23-16-24(28-20-27-23)31-12-9-25(32,19-31)18-26-17-21-7-6-8-22(15-21)33-14-13-30-10-4-3-5-11-30/h6-8,15-16,20,26,32H,3-5,9-14,17-19H2,1-2H3. The summed E-state index contributed by atoms with van der Waals surface area (Å²) in [4.78, 5) is 15.3. The van der Waals surface area contributed by atoms with E-state index in [0.29, 0.717) is 26.1 Å². The van der Waals surface area contributed by atoms with Crippen LogP contribution < -0.4 is 19.9 Å².